The quantitative estimate of drug-likeness (QED) is 0.458. The number of nitrogens with one attached hydrogen (secondary N) is 1. The van der Waals surface area contributed by atoms with Crippen LogP contribution in [0.4, 0.5) is 0 Å². The third kappa shape index (κ3) is 5.07. The van der Waals surface area contributed by atoms with Gasteiger partial charge in [0, 0.05) is 18.8 Å². The van der Waals surface area contributed by atoms with Gasteiger partial charge in [-0.3, -0.25) is 9.59 Å². The van der Waals surface area contributed by atoms with Gasteiger partial charge in [-0.15, -0.1) is 10.2 Å². The molecule has 3 heterocycles. The van der Waals surface area contributed by atoms with E-state index in [0.717, 1.165) is 32.1 Å². The van der Waals surface area contributed by atoms with Gasteiger partial charge < -0.3 is 28.9 Å². The Bertz CT molecular complexity index is 1250. The third-order valence-corrected chi connectivity index (χ3v) is 6.42. The average molecular weight is 497 g/mol. The first-order valence-electron chi connectivity index (χ1n) is 12.3. The molecule has 192 valence electrons. The molecule has 2 N–H and O–H groups in total. The summed E-state index contributed by atoms with van der Waals surface area (Å²) in [6.07, 6.45) is 5.22. The Morgan fingerprint density at radius 1 is 1.08 bits per heavy atom. The monoisotopic (exact) mass is 496 g/mol. The number of pyridine rings is 1. The van der Waals surface area contributed by atoms with E-state index in [2.05, 4.69) is 15.2 Å². The van der Waals surface area contributed by atoms with Gasteiger partial charge in [0.05, 0.1) is 25.3 Å². The van der Waals surface area contributed by atoms with Crippen LogP contribution in [-0.2, 0) is 17.6 Å². The summed E-state index contributed by atoms with van der Waals surface area (Å²) in [6, 6.07) is 5.28. The number of carbonyl (C=O) groups is 1. The molecule has 10 heteroatoms. The molecule has 1 aliphatic heterocycles. The lowest BCUT2D eigenvalue weighted by Crippen LogP contribution is -2.36. The first-order valence-corrected chi connectivity index (χ1v) is 12.3. The minimum absolute atomic E-state index is 0.0621. The van der Waals surface area contributed by atoms with E-state index < -0.39 is 5.56 Å². The Kier molecular flexibility index (Phi) is 7.92. The number of benzene rings is 1. The fourth-order valence-electron chi connectivity index (χ4n) is 4.55. The molecular formula is C26H32N4O6. The van der Waals surface area contributed by atoms with E-state index >= 15 is 0 Å². The van der Waals surface area contributed by atoms with Crippen LogP contribution in [0, 0.1) is 0 Å². The molecule has 0 unspecified atom stereocenters. The van der Waals surface area contributed by atoms with Crippen molar-refractivity contribution >= 4 is 5.91 Å². The first kappa shape index (κ1) is 25.3. The van der Waals surface area contributed by atoms with Crippen molar-refractivity contribution in [1.82, 2.24) is 20.1 Å². The zero-order chi connectivity index (χ0) is 25.7. The van der Waals surface area contributed by atoms with Crippen LogP contribution in [0.25, 0.3) is 22.6 Å². The lowest BCUT2D eigenvalue weighted by Gasteiger charge is -2.26. The maximum absolute atomic E-state index is 13.1. The van der Waals surface area contributed by atoms with Gasteiger partial charge in [0.2, 0.25) is 11.8 Å². The van der Waals surface area contributed by atoms with Crippen LogP contribution in [0.2, 0.25) is 0 Å². The highest BCUT2D eigenvalue weighted by atomic mass is 16.5. The van der Waals surface area contributed by atoms with Crippen LogP contribution in [0.15, 0.2) is 27.4 Å². The minimum atomic E-state index is -0.561. The standard InChI is InChI=1S/C26H32N4O6/c1-4-5-10-16-21(22-17(34-2)11-9-12-18(22)35-3)24(32)23(25(33)27-16)26-29-28-19(36-26)15-20(31)30-13-7-6-8-14-30/h9,11-12H,4-8,10,13-15H2,1-3H3,(H2,27,32,33). The van der Waals surface area contributed by atoms with E-state index in [0.29, 0.717) is 47.8 Å². The molecule has 0 aliphatic carbocycles. The van der Waals surface area contributed by atoms with Crippen molar-refractivity contribution in [2.24, 2.45) is 0 Å². The lowest BCUT2D eigenvalue weighted by atomic mass is 9.96. The SMILES string of the molecule is CCCCc1[nH]c(=O)c(-c2nnc(CC(=O)N3CCCCC3)o2)c(O)c1-c1c(OC)cccc1OC. The number of piperidine rings is 1. The van der Waals surface area contributed by atoms with Gasteiger partial charge in [-0.2, -0.15) is 0 Å². The van der Waals surface area contributed by atoms with Crippen LogP contribution in [-0.4, -0.2) is 58.4 Å². The summed E-state index contributed by atoms with van der Waals surface area (Å²) in [4.78, 5) is 30.4. The fourth-order valence-corrected chi connectivity index (χ4v) is 4.55. The Hall–Kier alpha value is -3.82. The van der Waals surface area contributed by atoms with Crippen molar-refractivity contribution in [3.63, 3.8) is 0 Å². The Balaban J connectivity index is 1.78. The number of methoxy groups -OCH3 is 2. The molecule has 0 saturated carbocycles. The smallest absolute Gasteiger partial charge is 0.264 e. The van der Waals surface area contributed by atoms with E-state index in [1.54, 1.807) is 23.1 Å². The van der Waals surface area contributed by atoms with Crippen LogP contribution in [0.3, 0.4) is 0 Å². The van der Waals surface area contributed by atoms with Crippen molar-refractivity contribution < 1.29 is 23.8 Å². The number of aromatic hydroxyl groups is 1. The van der Waals surface area contributed by atoms with Gasteiger partial charge in [-0.05, 0) is 44.2 Å². The maximum atomic E-state index is 13.1. The van der Waals surface area contributed by atoms with Crippen molar-refractivity contribution in [3.05, 3.63) is 40.1 Å². The van der Waals surface area contributed by atoms with E-state index in [1.165, 1.54) is 14.2 Å². The molecule has 2 aromatic heterocycles. The number of rotatable bonds is 9. The number of amides is 1. The molecule has 0 bridgehead atoms. The van der Waals surface area contributed by atoms with E-state index in [4.69, 9.17) is 13.9 Å². The van der Waals surface area contributed by atoms with Crippen LogP contribution in [0.5, 0.6) is 17.2 Å². The summed E-state index contributed by atoms with van der Waals surface area (Å²) >= 11 is 0. The molecule has 0 radical (unpaired) electrons. The number of likely N-dealkylation sites (tertiary alicyclic amines) is 1. The van der Waals surface area contributed by atoms with E-state index in [9.17, 15) is 14.7 Å². The second-order valence-electron chi connectivity index (χ2n) is 8.79. The topological polar surface area (TPSA) is 131 Å². The summed E-state index contributed by atoms with van der Waals surface area (Å²) in [5.41, 5.74) is 0.696. The van der Waals surface area contributed by atoms with Crippen molar-refractivity contribution in [2.75, 3.05) is 27.3 Å². The minimum Gasteiger partial charge on any atom is -0.506 e. The zero-order valence-electron chi connectivity index (χ0n) is 20.9. The van der Waals surface area contributed by atoms with Crippen LogP contribution < -0.4 is 15.0 Å². The first-order chi connectivity index (χ1) is 17.5. The van der Waals surface area contributed by atoms with Crippen molar-refractivity contribution in [1.29, 1.82) is 0 Å². The molecule has 36 heavy (non-hydrogen) atoms. The summed E-state index contributed by atoms with van der Waals surface area (Å²) in [7, 11) is 3.05. The van der Waals surface area contributed by atoms with E-state index in [-0.39, 0.29) is 35.4 Å². The van der Waals surface area contributed by atoms with Crippen molar-refractivity contribution in [2.45, 2.75) is 51.9 Å². The predicted molar refractivity (Wildman–Crippen MR) is 133 cm³/mol. The second kappa shape index (κ2) is 11.3. The molecule has 1 aliphatic rings. The highest BCUT2D eigenvalue weighted by Crippen LogP contribution is 2.46. The molecule has 0 atom stereocenters. The van der Waals surface area contributed by atoms with Gasteiger partial charge in [0.1, 0.15) is 29.2 Å². The molecular weight excluding hydrogens is 464 g/mol. The molecule has 10 nitrogen and oxygen atoms in total. The van der Waals surface area contributed by atoms with Crippen molar-refractivity contribution in [3.8, 4) is 39.8 Å². The summed E-state index contributed by atoms with van der Waals surface area (Å²) < 4.78 is 16.8. The molecule has 1 fully saturated rings. The molecule has 1 saturated heterocycles. The molecule has 4 rings (SSSR count). The number of H-pyrrole nitrogens is 1. The highest BCUT2D eigenvalue weighted by Gasteiger charge is 2.28. The van der Waals surface area contributed by atoms with Crippen LogP contribution in [0.1, 0.15) is 50.6 Å². The number of nitrogens with zero attached hydrogens (tertiary/aromatic N) is 3. The number of aryl methyl sites for hydroxylation is 1. The number of aromatic amines is 1. The van der Waals surface area contributed by atoms with Gasteiger partial charge in [-0.25, -0.2) is 0 Å². The van der Waals surface area contributed by atoms with Gasteiger partial charge >= 0.3 is 0 Å². The number of unbranched alkanes of at least 4 members (excludes halogenated alkanes) is 1. The van der Waals surface area contributed by atoms with Gasteiger partial charge in [-0.1, -0.05) is 19.4 Å². The number of aromatic nitrogens is 3. The van der Waals surface area contributed by atoms with Gasteiger partial charge in [0.25, 0.3) is 11.4 Å². The van der Waals surface area contributed by atoms with Gasteiger partial charge in [0.15, 0.2) is 0 Å². The molecule has 0 spiro atoms. The number of hydrogen-bond donors (Lipinski definition) is 2. The van der Waals surface area contributed by atoms with E-state index in [1.807, 2.05) is 6.92 Å². The molecule has 3 aromatic rings. The summed E-state index contributed by atoms with van der Waals surface area (Å²) in [6.45, 7) is 3.47. The Morgan fingerprint density at radius 2 is 1.78 bits per heavy atom. The summed E-state index contributed by atoms with van der Waals surface area (Å²) in [5.74, 6) is 0.457. The predicted octanol–water partition coefficient (Wildman–Crippen LogP) is 3.71. The molecule has 1 amide bonds. The second-order valence-corrected chi connectivity index (χ2v) is 8.79. The maximum Gasteiger partial charge on any atom is 0.264 e. The number of hydrogen-bond acceptors (Lipinski definition) is 8. The largest absolute Gasteiger partial charge is 0.506 e. The number of ether oxygens (including phenoxy) is 2. The summed E-state index contributed by atoms with van der Waals surface area (Å²) in [5, 5.41) is 19.4. The third-order valence-electron chi connectivity index (χ3n) is 6.42. The Labute approximate surface area is 209 Å². The Morgan fingerprint density at radius 3 is 2.42 bits per heavy atom. The number of carbonyl (C=O) groups excluding carboxylic acids is 1. The normalized spacial score (nSPS) is 13.6. The fraction of sp³-hybridized carbons (Fsp3) is 0.462. The average Bonchev–Trinajstić information content (AvgIpc) is 3.35. The highest BCUT2D eigenvalue weighted by molar-refractivity contribution is 5.87. The molecule has 1 aromatic carbocycles. The zero-order valence-corrected chi connectivity index (χ0v) is 20.9. The van der Waals surface area contributed by atoms with Crippen LogP contribution >= 0.6 is 0 Å². The lowest BCUT2D eigenvalue weighted by molar-refractivity contribution is -0.131.